The Hall–Kier alpha value is -1.29. The number of carbonyl (C=O) groups excluding carboxylic acids is 1. The van der Waals surface area contributed by atoms with Crippen molar-refractivity contribution in [1.82, 2.24) is 5.32 Å². The van der Waals surface area contributed by atoms with Gasteiger partial charge in [0.15, 0.2) is 0 Å². The van der Waals surface area contributed by atoms with Gasteiger partial charge in [0.05, 0.1) is 0 Å². The van der Waals surface area contributed by atoms with Crippen LogP contribution >= 0.6 is 0 Å². The van der Waals surface area contributed by atoms with E-state index in [2.05, 4.69) is 35.6 Å². The number of alkyl carbamates (subject to hydrolysis) is 1. The average molecular weight is 368 g/mol. The van der Waals surface area contributed by atoms with Crippen molar-refractivity contribution in [3.05, 3.63) is 34.8 Å². The molecule has 120 valence electrons. The molecule has 0 aliphatic heterocycles. The van der Waals surface area contributed by atoms with Crippen LogP contribution in [0.5, 0.6) is 0 Å². The van der Waals surface area contributed by atoms with Crippen LogP contribution in [0, 0.1) is 0 Å². The Morgan fingerprint density at radius 3 is 2.73 bits per heavy atom. The Morgan fingerprint density at radius 1 is 1.36 bits per heavy atom. The van der Waals surface area contributed by atoms with E-state index >= 15 is 0 Å². The monoisotopic (exact) mass is 369 g/mol. The van der Waals surface area contributed by atoms with Gasteiger partial charge in [-0.05, 0) is 0 Å². The van der Waals surface area contributed by atoms with Crippen LogP contribution in [0.4, 0.5) is 4.79 Å². The zero-order chi connectivity index (χ0) is 16.2. The van der Waals surface area contributed by atoms with Crippen molar-refractivity contribution < 1.29 is 14.6 Å². The van der Waals surface area contributed by atoms with Gasteiger partial charge in [0.1, 0.15) is 0 Å². The van der Waals surface area contributed by atoms with Crippen LogP contribution in [0.25, 0.3) is 9.65 Å². The van der Waals surface area contributed by atoms with Crippen molar-refractivity contribution in [3.8, 4) is 0 Å². The maximum absolute atomic E-state index is 11.7. The van der Waals surface area contributed by atoms with E-state index in [1.54, 1.807) is 0 Å². The molecule has 1 heterocycles. The van der Waals surface area contributed by atoms with E-state index in [9.17, 15) is 9.90 Å². The van der Waals surface area contributed by atoms with Gasteiger partial charge in [-0.2, -0.15) is 0 Å². The van der Waals surface area contributed by atoms with Gasteiger partial charge in [-0.15, -0.1) is 0 Å². The summed E-state index contributed by atoms with van der Waals surface area (Å²) in [6, 6.07) is 10.4. The molecule has 0 saturated heterocycles. The molecular formula is C17H23NO3Se. The molecule has 0 fully saturated rings. The van der Waals surface area contributed by atoms with Gasteiger partial charge in [0.25, 0.3) is 0 Å². The summed E-state index contributed by atoms with van der Waals surface area (Å²) < 4.78 is 8.03. The number of hydrogen-bond donors (Lipinski definition) is 2. The van der Waals surface area contributed by atoms with E-state index in [-0.39, 0.29) is 12.6 Å². The zero-order valence-corrected chi connectivity index (χ0v) is 15.0. The number of ether oxygens (including phenoxy) is 1. The summed E-state index contributed by atoms with van der Waals surface area (Å²) in [4.78, 5) is 11.7. The molecule has 0 aliphatic carbocycles. The molecule has 1 aromatic carbocycles. The predicted molar refractivity (Wildman–Crippen MR) is 89.5 cm³/mol. The molecule has 0 bridgehead atoms. The summed E-state index contributed by atoms with van der Waals surface area (Å²) in [5.41, 5.74) is -0.525. The average Bonchev–Trinajstić information content (AvgIpc) is 2.84. The Bertz CT molecular complexity index is 597. The fraction of sp³-hybridized carbons (Fsp3) is 0.471. The predicted octanol–water partition coefficient (Wildman–Crippen LogP) is 2.72. The summed E-state index contributed by atoms with van der Waals surface area (Å²) in [6.45, 7) is 5.39. The fourth-order valence-corrected chi connectivity index (χ4v) is 4.43. The quantitative estimate of drug-likeness (QED) is 0.798. The Labute approximate surface area is 137 Å². The Morgan fingerprint density at radius 2 is 2.09 bits per heavy atom. The molecule has 1 atom stereocenters. The third-order valence-corrected chi connectivity index (χ3v) is 5.62. The van der Waals surface area contributed by atoms with Crippen LogP contribution in [-0.4, -0.2) is 44.0 Å². The number of fused-ring (bicyclic) bond motifs is 1. The zero-order valence-electron chi connectivity index (χ0n) is 13.3. The van der Waals surface area contributed by atoms with E-state index in [1.165, 1.54) is 14.1 Å². The fourth-order valence-electron chi connectivity index (χ4n) is 2.16. The summed E-state index contributed by atoms with van der Waals surface area (Å²) in [5.74, 6) is 0. The number of rotatable bonds is 5. The van der Waals surface area contributed by atoms with E-state index in [0.717, 1.165) is 12.8 Å². The van der Waals surface area contributed by atoms with Gasteiger partial charge in [-0.25, -0.2) is 0 Å². The van der Waals surface area contributed by atoms with Gasteiger partial charge in [-0.1, -0.05) is 0 Å². The molecule has 2 rings (SSSR count). The summed E-state index contributed by atoms with van der Waals surface area (Å²) >= 11 is 0.364. The number of nitrogens with one attached hydrogen (secondary N) is 1. The first-order valence-electron chi connectivity index (χ1n) is 7.45. The Balaban J connectivity index is 1.89. The van der Waals surface area contributed by atoms with Crippen LogP contribution < -0.4 is 5.32 Å². The molecule has 0 radical (unpaired) electrons. The maximum atomic E-state index is 11.7. The van der Waals surface area contributed by atoms with Crippen molar-refractivity contribution in [2.45, 2.75) is 45.3 Å². The SMILES string of the molecule is CC(C)(C)OC(=O)N[C@H](CO)CCc1cc2ccccc2[se]1. The molecular weight excluding hydrogens is 345 g/mol. The molecule has 0 aliphatic rings. The number of aliphatic hydroxyl groups excluding tert-OH is 1. The third-order valence-electron chi connectivity index (χ3n) is 3.16. The molecule has 1 aromatic heterocycles. The second kappa shape index (κ2) is 7.32. The summed E-state index contributed by atoms with van der Waals surface area (Å²) in [6.07, 6.45) is 1.13. The minimum atomic E-state index is -0.525. The van der Waals surface area contributed by atoms with Gasteiger partial charge >= 0.3 is 137 Å². The topological polar surface area (TPSA) is 58.6 Å². The van der Waals surface area contributed by atoms with E-state index in [0.29, 0.717) is 14.5 Å². The van der Waals surface area contributed by atoms with Gasteiger partial charge in [0.2, 0.25) is 0 Å². The van der Waals surface area contributed by atoms with Gasteiger partial charge in [0, 0.05) is 0 Å². The number of amides is 1. The minimum absolute atomic E-state index is 0.0769. The number of carbonyl (C=O) groups is 1. The van der Waals surface area contributed by atoms with Crippen LogP contribution in [0.3, 0.4) is 0 Å². The number of aliphatic hydroxyl groups is 1. The molecule has 2 N–H and O–H groups in total. The van der Waals surface area contributed by atoms with E-state index in [1.807, 2.05) is 20.8 Å². The van der Waals surface area contributed by atoms with Gasteiger partial charge in [-0.3, -0.25) is 0 Å². The first-order chi connectivity index (χ1) is 10.4. The molecule has 0 unspecified atom stereocenters. The summed E-state index contributed by atoms with van der Waals surface area (Å²) in [5, 5.41) is 13.5. The molecule has 0 spiro atoms. The van der Waals surface area contributed by atoms with E-state index in [4.69, 9.17) is 4.74 Å². The van der Waals surface area contributed by atoms with E-state index < -0.39 is 11.7 Å². The Kier molecular flexibility index (Phi) is 5.68. The van der Waals surface area contributed by atoms with Gasteiger partial charge < -0.3 is 0 Å². The standard InChI is InChI=1S/C17H23NO3Se/c1-17(2,3)21-16(20)18-13(11-19)8-9-14-10-12-6-4-5-7-15(12)22-14/h4-7,10,13,19H,8-9,11H2,1-3H3,(H,18,20)/t13-/m0/s1. The van der Waals surface area contributed by atoms with Crippen LogP contribution in [0.15, 0.2) is 30.3 Å². The van der Waals surface area contributed by atoms with Crippen LogP contribution in [0.1, 0.15) is 31.6 Å². The first kappa shape index (κ1) is 17.1. The first-order valence-corrected chi connectivity index (χ1v) is 9.16. The number of benzene rings is 1. The third kappa shape index (κ3) is 5.16. The van der Waals surface area contributed by atoms with Crippen molar-refractivity contribution >= 4 is 30.2 Å². The summed E-state index contributed by atoms with van der Waals surface area (Å²) in [7, 11) is 0. The molecule has 2 aromatic rings. The molecule has 1 amide bonds. The molecule has 4 nitrogen and oxygen atoms in total. The molecule has 5 heteroatoms. The second-order valence-corrected chi connectivity index (χ2v) is 8.77. The second-order valence-electron chi connectivity index (χ2n) is 6.31. The number of aryl methyl sites for hydroxylation is 1. The normalized spacial score (nSPS) is 13.1. The van der Waals surface area contributed by atoms with Crippen molar-refractivity contribution in [2.24, 2.45) is 0 Å². The molecule has 0 saturated carbocycles. The van der Waals surface area contributed by atoms with Crippen LogP contribution in [-0.2, 0) is 11.2 Å². The molecule has 22 heavy (non-hydrogen) atoms. The van der Waals surface area contributed by atoms with Crippen molar-refractivity contribution in [3.63, 3.8) is 0 Å². The van der Waals surface area contributed by atoms with Crippen molar-refractivity contribution in [1.29, 1.82) is 0 Å². The van der Waals surface area contributed by atoms with Crippen LogP contribution in [0.2, 0.25) is 0 Å². The number of hydrogen-bond acceptors (Lipinski definition) is 3. The van der Waals surface area contributed by atoms with Crippen molar-refractivity contribution in [2.75, 3.05) is 6.61 Å².